The summed E-state index contributed by atoms with van der Waals surface area (Å²) in [5, 5.41) is 23.8. The first kappa shape index (κ1) is 66.0. The molecule has 6 heteroatoms. The molecule has 0 radical (unpaired) electrons. The fraction of sp³-hybridized carbons (Fsp3) is 0.625. The lowest BCUT2D eigenvalue weighted by atomic mass is 10.0. The summed E-state index contributed by atoms with van der Waals surface area (Å²) in [5.74, 6) is -0.690. The van der Waals surface area contributed by atoms with Crippen molar-refractivity contribution in [3.8, 4) is 0 Å². The average molecular weight is 969 g/mol. The monoisotopic (exact) mass is 968 g/mol. The summed E-state index contributed by atoms with van der Waals surface area (Å²) in [7, 11) is 0. The highest BCUT2D eigenvalue weighted by Gasteiger charge is 2.23. The minimum Gasteiger partial charge on any atom is -0.461 e. The summed E-state index contributed by atoms with van der Waals surface area (Å²) >= 11 is 0. The van der Waals surface area contributed by atoms with Gasteiger partial charge in [-0.25, -0.2) is 0 Å². The van der Waals surface area contributed by atoms with Crippen molar-refractivity contribution in [2.75, 3.05) is 6.61 Å². The van der Waals surface area contributed by atoms with Crippen molar-refractivity contribution in [1.29, 1.82) is 0 Å². The first-order valence-electron chi connectivity index (χ1n) is 28.4. The Kier molecular flexibility index (Phi) is 52.7. The fourth-order valence-corrected chi connectivity index (χ4v) is 7.77. The lowest BCUT2D eigenvalue weighted by Crippen LogP contribution is -2.46. The summed E-state index contributed by atoms with van der Waals surface area (Å²) in [4.78, 5) is 26.2. The summed E-state index contributed by atoms with van der Waals surface area (Å²) in [5.41, 5.74) is 0. The van der Waals surface area contributed by atoms with E-state index in [4.69, 9.17) is 4.74 Å². The van der Waals surface area contributed by atoms with Crippen LogP contribution in [0.15, 0.2) is 134 Å². The number of carbonyl (C=O) groups excluding carboxylic acids is 2. The van der Waals surface area contributed by atoms with Crippen molar-refractivity contribution >= 4 is 11.9 Å². The van der Waals surface area contributed by atoms with Crippen LogP contribution in [0, 0.1) is 0 Å². The van der Waals surface area contributed by atoms with Gasteiger partial charge in [-0.3, -0.25) is 9.59 Å². The summed E-state index contributed by atoms with van der Waals surface area (Å²) in [6.07, 6.45) is 79.7. The predicted molar refractivity (Wildman–Crippen MR) is 305 cm³/mol. The van der Waals surface area contributed by atoms with E-state index in [1.54, 1.807) is 0 Å². The van der Waals surface area contributed by atoms with Gasteiger partial charge >= 0.3 is 5.97 Å². The second kappa shape index (κ2) is 55.9. The molecule has 0 aromatic heterocycles. The molecule has 0 aromatic rings. The molecule has 0 aliphatic carbocycles. The van der Waals surface area contributed by atoms with Crippen LogP contribution in [0.1, 0.15) is 233 Å². The molecule has 3 N–H and O–H groups in total. The molecule has 70 heavy (non-hydrogen) atoms. The molecular weight excluding hydrogens is 863 g/mol. The van der Waals surface area contributed by atoms with E-state index < -0.39 is 18.2 Å². The van der Waals surface area contributed by atoms with E-state index in [-0.39, 0.29) is 31.3 Å². The molecule has 1 amide bonds. The Morgan fingerprint density at radius 1 is 0.443 bits per heavy atom. The minimum atomic E-state index is -0.835. The fourth-order valence-electron chi connectivity index (χ4n) is 7.77. The molecule has 0 spiro atoms. The summed E-state index contributed by atoms with van der Waals surface area (Å²) in [6.45, 7) is 6.22. The van der Waals surface area contributed by atoms with Crippen LogP contribution in [0.5, 0.6) is 0 Å². The van der Waals surface area contributed by atoms with Crippen LogP contribution in [0.25, 0.3) is 0 Å². The van der Waals surface area contributed by atoms with Gasteiger partial charge in [0, 0.05) is 12.8 Å². The van der Waals surface area contributed by atoms with Crippen LogP contribution in [0.4, 0.5) is 0 Å². The molecule has 0 heterocycles. The molecule has 396 valence electrons. The molecule has 3 unspecified atom stereocenters. The normalized spacial score (nSPS) is 14.2. The number of carbonyl (C=O) groups is 2. The van der Waals surface area contributed by atoms with Crippen molar-refractivity contribution in [3.63, 3.8) is 0 Å². The number of hydrogen-bond donors (Lipinski definition) is 3. The summed E-state index contributed by atoms with van der Waals surface area (Å²) < 4.78 is 5.84. The van der Waals surface area contributed by atoms with Gasteiger partial charge in [-0.05, 0) is 83.5 Å². The number of aliphatic hydroxyl groups excluding tert-OH is 2. The van der Waals surface area contributed by atoms with Crippen LogP contribution in [0.2, 0.25) is 0 Å². The van der Waals surface area contributed by atoms with Crippen LogP contribution in [-0.4, -0.2) is 46.9 Å². The molecule has 0 fully saturated rings. The van der Waals surface area contributed by atoms with Crippen LogP contribution in [0.3, 0.4) is 0 Å². The van der Waals surface area contributed by atoms with Gasteiger partial charge in [0.2, 0.25) is 5.91 Å². The van der Waals surface area contributed by atoms with Crippen molar-refractivity contribution in [2.24, 2.45) is 0 Å². The SMILES string of the molecule is CC/C=C\C/C=C\C/C=C\C/C=C\C/C=C\C/C=C\CCC(=O)OC(C/C=C\C/C=C\C/C=C\C/C=C\C/C=C\CC)CC(=O)NC(CO)C(O)CCCCCCCCCCCCCCCCCCC. The number of unbranched alkanes of at least 4 members (excludes halogenated alkanes) is 16. The molecule has 3 atom stereocenters. The Bertz CT molecular complexity index is 1510. The molecule has 0 aliphatic rings. The van der Waals surface area contributed by atoms with Gasteiger partial charge in [0.1, 0.15) is 6.10 Å². The third-order valence-electron chi connectivity index (χ3n) is 12.0. The lowest BCUT2D eigenvalue weighted by Gasteiger charge is -2.24. The molecule has 6 nitrogen and oxygen atoms in total. The molecule has 0 aromatic carbocycles. The Labute approximate surface area is 431 Å². The standard InChI is InChI=1S/C64H105NO5/c1-4-7-10-13-16-19-22-25-28-30-31-33-36-39-42-45-48-51-54-57-64(69)70-60(55-52-49-46-43-40-37-34-27-24-21-18-15-12-9-6-3)58-63(68)65-61(59-66)62(67)56-53-50-47-44-41-38-35-32-29-26-23-20-17-14-11-8-5-2/h7,9-10,12,16,18-19,21,25,27-28,31,33-34,39-40,42-43,48-49,51-52,60-62,66-67H,4-6,8,11,13-15,17,20,22-24,26,29-30,32,35-38,41,44-47,50,53-59H2,1-3H3,(H,65,68)/b10-7-,12-9-,19-16-,21-18-,28-25-,33-31-,34-27-,42-39-,43-40-,51-48-,52-49-. The Morgan fingerprint density at radius 2 is 0.771 bits per heavy atom. The number of esters is 1. The maximum absolute atomic E-state index is 13.2. The average Bonchev–Trinajstić information content (AvgIpc) is 3.35. The second-order valence-electron chi connectivity index (χ2n) is 18.6. The number of amides is 1. The Balaban J connectivity index is 4.79. The minimum absolute atomic E-state index is 0.0394. The molecular formula is C64H105NO5. The van der Waals surface area contributed by atoms with Crippen molar-refractivity contribution in [2.45, 2.75) is 251 Å². The molecule has 0 bridgehead atoms. The first-order chi connectivity index (χ1) is 34.5. The third kappa shape index (κ3) is 50.4. The maximum atomic E-state index is 13.2. The van der Waals surface area contributed by atoms with Crippen molar-refractivity contribution < 1.29 is 24.5 Å². The smallest absolute Gasteiger partial charge is 0.306 e. The van der Waals surface area contributed by atoms with Crippen molar-refractivity contribution in [3.05, 3.63) is 134 Å². The largest absolute Gasteiger partial charge is 0.461 e. The van der Waals surface area contributed by atoms with E-state index in [1.165, 1.54) is 89.9 Å². The zero-order valence-electron chi connectivity index (χ0n) is 45.1. The number of nitrogens with one attached hydrogen (secondary N) is 1. The predicted octanol–water partition coefficient (Wildman–Crippen LogP) is 17.8. The maximum Gasteiger partial charge on any atom is 0.306 e. The van der Waals surface area contributed by atoms with E-state index in [9.17, 15) is 19.8 Å². The van der Waals surface area contributed by atoms with Crippen LogP contribution < -0.4 is 5.32 Å². The van der Waals surface area contributed by atoms with E-state index in [2.05, 4.69) is 142 Å². The van der Waals surface area contributed by atoms with E-state index in [1.807, 2.05) is 18.2 Å². The van der Waals surface area contributed by atoms with Crippen LogP contribution in [-0.2, 0) is 14.3 Å². The number of ether oxygens (including phenoxy) is 1. The zero-order valence-corrected chi connectivity index (χ0v) is 45.1. The van der Waals surface area contributed by atoms with Gasteiger partial charge in [0.25, 0.3) is 0 Å². The number of rotatable bonds is 49. The van der Waals surface area contributed by atoms with Gasteiger partial charge < -0.3 is 20.3 Å². The molecule has 0 aliphatic heterocycles. The van der Waals surface area contributed by atoms with Gasteiger partial charge in [0.15, 0.2) is 0 Å². The molecule has 0 rings (SSSR count). The lowest BCUT2D eigenvalue weighted by molar-refractivity contribution is -0.150. The molecule has 0 saturated carbocycles. The van der Waals surface area contributed by atoms with Gasteiger partial charge in [-0.15, -0.1) is 0 Å². The number of allylic oxidation sites excluding steroid dienone is 21. The van der Waals surface area contributed by atoms with Crippen molar-refractivity contribution in [1.82, 2.24) is 5.32 Å². The topological polar surface area (TPSA) is 95.9 Å². The highest BCUT2D eigenvalue weighted by atomic mass is 16.5. The Hall–Kier alpha value is -4.00. The van der Waals surface area contributed by atoms with E-state index >= 15 is 0 Å². The highest BCUT2D eigenvalue weighted by Crippen LogP contribution is 2.16. The van der Waals surface area contributed by atoms with Crippen LogP contribution >= 0.6 is 0 Å². The van der Waals surface area contributed by atoms with Gasteiger partial charge in [-0.1, -0.05) is 264 Å². The van der Waals surface area contributed by atoms with E-state index in [0.29, 0.717) is 19.3 Å². The highest BCUT2D eigenvalue weighted by molar-refractivity contribution is 5.77. The number of hydrogen-bond acceptors (Lipinski definition) is 5. The Morgan fingerprint density at radius 3 is 1.13 bits per heavy atom. The van der Waals surface area contributed by atoms with E-state index in [0.717, 1.165) is 89.9 Å². The van der Waals surface area contributed by atoms with Gasteiger partial charge in [0.05, 0.1) is 25.2 Å². The zero-order chi connectivity index (χ0) is 50.9. The quantitative estimate of drug-likeness (QED) is 0.0321. The summed E-state index contributed by atoms with van der Waals surface area (Å²) in [6, 6.07) is -0.758. The molecule has 0 saturated heterocycles. The van der Waals surface area contributed by atoms with Gasteiger partial charge in [-0.2, -0.15) is 0 Å². The first-order valence-corrected chi connectivity index (χ1v) is 28.4. The third-order valence-corrected chi connectivity index (χ3v) is 12.0. The number of aliphatic hydroxyl groups is 2. The second-order valence-corrected chi connectivity index (χ2v) is 18.6.